The average molecular weight is 491 g/mol. The molecule has 8 heteroatoms. The van der Waals surface area contributed by atoms with Crippen molar-refractivity contribution < 1.29 is 24.2 Å². The minimum absolute atomic E-state index is 0.0719. The maximum absolute atomic E-state index is 12.7. The fourth-order valence-electron chi connectivity index (χ4n) is 4.21. The number of nitrogens with zero attached hydrogens (tertiary/aromatic N) is 1. The summed E-state index contributed by atoms with van der Waals surface area (Å²) in [5.74, 6) is -1.73. The van der Waals surface area contributed by atoms with E-state index in [1.807, 2.05) is 36.4 Å². The van der Waals surface area contributed by atoms with Crippen LogP contribution in [0.5, 0.6) is 0 Å². The van der Waals surface area contributed by atoms with Gasteiger partial charge in [0, 0.05) is 18.0 Å². The molecule has 0 bridgehead atoms. The van der Waals surface area contributed by atoms with Crippen LogP contribution < -0.4 is 5.32 Å². The molecule has 3 aromatic carbocycles. The van der Waals surface area contributed by atoms with E-state index in [4.69, 9.17) is 21.4 Å². The zero-order chi connectivity index (χ0) is 24.9. The summed E-state index contributed by atoms with van der Waals surface area (Å²) in [5, 5.41) is 11.8. The molecule has 7 nitrogen and oxygen atoms in total. The molecule has 0 aliphatic heterocycles. The molecule has 0 radical (unpaired) electrons. The number of carbonyl (C=O) groups excluding carboxylic acids is 2. The van der Waals surface area contributed by atoms with Crippen molar-refractivity contribution in [3.05, 3.63) is 101 Å². The number of aliphatic carboxylic acids is 1. The SMILES string of the molecule is C=CCN(CC(=O)O)C(=O)c1ccc(NC(=O)OCC2c3ccccc3-c3ccccc32)c(Cl)c1. The van der Waals surface area contributed by atoms with Crippen molar-refractivity contribution in [3.8, 4) is 11.1 Å². The lowest BCUT2D eigenvalue weighted by atomic mass is 9.98. The number of hydrogen-bond donors (Lipinski definition) is 2. The lowest BCUT2D eigenvalue weighted by Crippen LogP contribution is -2.35. The molecule has 0 fully saturated rings. The first-order valence-corrected chi connectivity index (χ1v) is 11.3. The van der Waals surface area contributed by atoms with Gasteiger partial charge in [-0.1, -0.05) is 66.2 Å². The highest BCUT2D eigenvalue weighted by atomic mass is 35.5. The molecule has 2 N–H and O–H groups in total. The van der Waals surface area contributed by atoms with Crippen LogP contribution in [0.2, 0.25) is 5.02 Å². The summed E-state index contributed by atoms with van der Waals surface area (Å²) >= 11 is 6.29. The van der Waals surface area contributed by atoms with Crippen LogP contribution in [0.1, 0.15) is 27.4 Å². The molecule has 0 unspecified atom stereocenters. The first-order valence-electron chi connectivity index (χ1n) is 10.9. The second kappa shape index (κ2) is 10.4. The Morgan fingerprint density at radius 3 is 2.23 bits per heavy atom. The van der Waals surface area contributed by atoms with Crippen molar-refractivity contribution in [1.29, 1.82) is 0 Å². The largest absolute Gasteiger partial charge is 0.480 e. The zero-order valence-electron chi connectivity index (χ0n) is 18.7. The van der Waals surface area contributed by atoms with E-state index in [0.717, 1.165) is 27.2 Å². The predicted octanol–water partition coefficient (Wildman–Crippen LogP) is 5.41. The number of ether oxygens (including phenoxy) is 1. The average Bonchev–Trinajstić information content (AvgIpc) is 3.17. The summed E-state index contributed by atoms with van der Waals surface area (Å²) in [6.07, 6.45) is 0.766. The highest BCUT2D eigenvalue weighted by Crippen LogP contribution is 2.44. The van der Waals surface area contributed by atoms with Gasteiger partial charge in [0.15, 0.2) is 0 Å². The molecular formula is C27H23ClN2O5. The number of benzene rings is 3. The normalized spacial score (nSPS) is 11.8. The van der Waals surface area contributed by atoms with Gasteiger partial charge in [-0.15, -0.1) is 6.58 Å². The monoisotopic (exact) mass is 490 g/mol. The third-order valence-electron chi connectivity index (χ3n) is 5.76. The van der Waals surface area contributed by atoms with Gasteiger partial charge in [0.25, 0.3) is 5.91 Å². The van der Waals surface area contributed by atoms with Gasteiger partial charge in [0.05, 0.1) is 10.7 Å². The summed E-state index contributed by atoms with van der Waals surface area (Å²) in [7, 11) is 0. The fraction of sp³-hybridized carbons (Fsp3) is 0.148. The number of hydrogen-bond acceptors (Lipinski definition) is 4. The van der Waals surface area contributed by atoms with E-state index in [1.165, 1.54) is 24.3 Å². The van der Waals surface area contributed by atoms with Gasteiger partial charge < -0.3 is 14.7 Å². The van der Waals surface area contributed by atoms with Crippen molar-refractivity contribution in [2.24, 2.45) is 0 Å². The molecule has 0 aromatic heterocycles. The molecule has 2 amide bonds. The first-order chi connectivity index (χ1) is 16.9. The van der Waals surface area contributed by atoms with Gasteiger partial charge in [-0.3, -0.25) is 14.9 Å². The Balaban J connectivity index is 1.42. The van der Waals surface area contributed by atoms with Crippen molar-refractivity contribution >= 4 is 35.3 Å². The Morgan fingerprint density at radius 1 is 1.03 bits per heavy atom. The highest BCUT2D eigenvalue weighted by molar-refractivity contribution is 6.34. The standard InChI is InChI=1S/C27H23ClN2O5/c1-2-13-30(15-25(31)32)26(33)17-11-12-24(23(28)14-17)29-27(34)35-16-22-20-9-5-3-7-18(20)19-8-4-6-10-21(19)22/h2-12,14,22H,1,13,15-16H2,(H,29,34)(H,31,32). The lowest BCUT2D eigenvalue weighted by Gasteiger charge is -2.19. The van der Waals surface area contributed by atoms with Gasteiger partial charge >= 0.3 is 12.1 Å². The van der Waals surface area contributed by atoms with E-state index >= 15 is 0 Å². The van der Waals surface area contributed by atoms with Crippen LogP contribution in [-0.2, 0) is 9.53 Å². The van der Waals surface area contributed by atoms with Gasteiger partial charge in [-0.2, -0.15) is 0 Å². The number of anilines is 1. The Bertz CT molecular complexity index is 1260. The molecule has 0 spiro atoms. The molecular weight excluding hydrogens is 468 g/mol. The molecule has 1 aliphatic rings. The van der Waals surface area contributed by atoms with Crippen molar-refractivity contribution in [1.82, 2.24) is 4.90 Å². The van der Waals surface area contributed by atoms with E-state index in [1.54, 1.807) is 0 Å². The number of fused-ring (bicyclic) bond motifs is 3. The Hall–Kier alpha value is -4.10. The van der Waals surface area contributed by atoms with Crippen LogP contribution in [0.15, 0.2) is 79.4 Å². The van der Waals surface area contributed by atoms with Crippen LogP contribution in [0, 0.1) is 0 Å². The fourth-order valence-corrected chi connectivity index (χ4v) is 4.44. The van der Waals surface area contributed by atoms with Crippen molar-refractivity contribution in [2.75, 3.05) is 25.0 Å². The van der Waals surface area contributed by atoms with Crippen LogP contribution >= 0.6 is 11.6 Å². The third kappa shape index (κ3) is 5.20. The van der Waals surface area contributed by atoms with Crippen LogP contribution in [0.25, 0.3) is 11.1 Å². The number of nitrogens with one attached hydrogen (secondary N) is 1. The van der Waals surface area contributed by atoms with Gasteiger partial charge in [-0.05, 0) is 40.5 Å². The summed E-state index contributed by atoms with van der Waals surface area (Å²) in [6.45, 7) is 3.30. The zero-order valence-corrected chi connectivity index (χ0v) is 19.5. The molecule has 0 saturated heterocycles. The first kappa shape index (κ1) is 24.0. The van der Waals surface area contributed by atoms with E-state index in [0.29, 0.717) is 0 Å². The van der Waals surface area contributed by atoms with Gasteiger partial charge in [0.2, 0.25) is 0 Å². The summed E-state index contributed by atoms with van der Waals surface area (Å²) < 4.78 is 5.53. The number of carboxylic acid groups (broad SMARTS) is 1. The number of carboxylic acids is 1. The molecule has 4 rings (SSSR count). The molecule has 3 aromatic rings. The lowest BCUT2D eigenvalue weighted by molar-refractivity contribution is -0.137. The van der Waals surface area contributed by atoms with Crippen LogP contribution in [-0.4, -0.2) is 47.7 Å². The van der Waals surface area contributed by atoms with Crippen LogP contribution in [0.4, 0.5) is 10.5 Å². The number of halogens is 1. The second-order valence-electron chi connectivity index (χ2n) is 8.01. The maximum atomic E-state index is 12.7. The van der Waals surface area contributed by atoms with E-state index in [2.05, 4.69) is 24.0 Å². The summed E-state index contributed by atoms with van der Waals surface area (Å²) in [4.78, 5) is 37.4. The minimum Gasteiger partial charge on any atom is -0.480 e. The maximum Gasteiger partial charge on any atom is 0.411 e. The molecule has 0 atom stereocenters. The molecule has 0 saturated carbocycles. The molecule has 0 heterocycles. The molecule has 178 valence electrons. The number of amides is 2. The Kier molecular flexibility index (Phi) is 7.17. The number of rotatable bonds is 8. The van der Waals surface area contributed by atoms with E-state index < -0.39 is 24.5 Å². The topological polar surface area (TPSA) is 95.9 Å². The van der Waals surface area contributed by atoms with Gasteiger partial charge in [0.1, 0.15) is 13.2 Å². The number of carbonyl (C=O) groups is 3. The summed E-state index contributed by atoms with van der Waals surface area (Å²) in [5.41, 5.74) is 4.94. The summed E-state index contributed by atoms with van der Waals surface area (Å²) in [6, 6.07) is 20.4. The van der Waals surface area contributed by atoms with Crippen molar-refractivity contribution in [2.45, 2.75) is 5.92 Å². The predicted molar refractivity (Wildman–Crippen MR) is 134 cm³/mol. The van der Waals surface area contributed by atoms with Gasteiger partial charge in [-0.25, -0.2) is 4.79 Å². The smallest absolute Gasteiger partial charge is 0.411 e. The minimum atomic E-state index is -1.14. The third-order valence-corrected chi connectivity index (χ3v) is 6.07. The quantitative estimate of drug-likeness (QED) is 0.411. The second-order valence-corrected chi connectivity index (χ2v) is 8.42. The van der Waals surface area contributed by atoms with E-state index in [-0.39, 0.29) is 35.3 Å². The Morgan fingerprint density at radius 2 is 1.66 bits per heavy atom. The molecule has 35 heavy (non-hydrogen) atoms. The van der Waals surface area contributed by atoms with E-state index in [9.17, 15) is 14.4 Å². The van der Waals surface area contributed by atoms with Crippen molar-refractivity contribution in [3.63, 3.8) is 0 Å². The highest BCUT2D eigenvalue weighted by Gasteiger charge is 2.29. The Labute approximate surface area is 207 Å². The molecule has 1 aliphatic carbocycles. The van der Waals surface area contributed by atoms with Crippen LogP contribution in [0.3, 0.4) is 0 Å².